The number of halogens is 3. The van der Waals surface area contributed by atoms with Gasteiger partial charge in [0.1, 0.15) is 74.2 Å². The SMILES string of the molecule is CC(=O)O.CCOc1ccc2nc(N3C(=O)C(=O)C(=C(O)c4ccc5c(c4)OCCO5)C3c3cccc(Cl)c3)sc2c1.CCOc1ccc2nc(N3C(=O)C(=O)C(=C(O)c4ccc5c(c4)OCCO5)C3c3cccc(Cl)c3)sc2c1.CCOc1ccc2nc(N3C(=O)C(=O)C(=C(O)c4ccc5c(c4)OCCO5)C3c3cccc(Cl)c3)sc2c1. The van der Waals surface area contributed by atoms with Gasteiger partial charge in [-0.25, -0.2) is 15.0 Å². The molecule has 0 aliphatic carbocycles. The van der Waals surface area contributed by atoms with Gasteiger partial charge in [-0.15, -0.1) is 0 Å². The number of aromatic nitrogens is 3. The Balaban J connectivity index is 0.000000135. The third-order valence-electron chi connectivity index (χ3n) is 18.9. The number of ether oxygens (including phenoxy) is 9. The molecular weight excluding hydrogens is 1640 g/mol. The maximum Gasteiger partial charge on any atom is 0.301 e. The summed E-state index contributed by atoms with van der Waals surface area (Å²) >= 11 is 22.7. The molecular formula is C86H67Cl3N6O20S3. The molecule has 9 aromatic carbocycles. The van der Waals surface area contributed by atoms with Crippen molar-refractivity contribution in [1.82, 2.24) is 15.0 Å². The summed E-state index contributed by atoms with van der Waals surface area (Å²) in [6.45, 7) is 10.7. The molecule has 0 spiro atoms. The Morgan fingerprint density at radius 3 is 0.898 bits per heavy atom. The normalized spacial score (nSPS) is 17.9. The van der Waals surface area contributed by atoms with E-state index in [4.69, 9.17) is 87.3 Å². The van der Waals surface area contributed by atoms with Gasteiger partial charge in [-0.2, -0.15) is 0 Å². The van der Waals surface area contributed by atoms with Gasteiger partial charge in [-0.1, -0.05) is 105 Å². The monoisotopic (exact) mass is 1700 g/mol. The van der Waals surface area contributed by atoms with Crippen molar-refractivity contribution in [3.63, 3.8) is 0 Å². The van der Waals surface area contributed by atoms with E-state index in [1.54, 1.807) is 164 Å². The number of aliphatic carboxylic acids is 1. The molecule has 0 saturated carbocycles. The van der Waals surface area contributed by atoms with Crippen LogP contribution in [0, 0.1) is 0 Å². The lowest BCUT2D eigenvalue weighted by molar-refractivity contribution is -0.134. The van der Waals surface area contributed by atoms with Gasteiger partial charge in [-0.05, 0) is 183 Å². The summed E-state index contributed by atoms with van der Waals surface area (Å²) in [6, 6.07) is 48.7. The van der Waals surface area contributed by atoms with Crippen molar-refractivity contribution in [1.29, 1.82) is 0 Å². The molecule has 9 heterocycles. The standard InChI is InChI=1S/3C28H21ClN2O6S.C2H4O2/c3*1-2-35-18-7-8-19-22(14-18)38-28(30-19)31-24(15-4-3-5-17(29)12-15)23(26(33)27(31)34)25(32)16-6-9-20-21(13-16)37-11-10-36-20;1-2(3)4/h3*3-9,12-14,24,32H,2,10-11H2,1H3;1H3,(H,3,4). The number of carbonyl (C=O) groups is 7. The Kier molecular flexibility index (Phi) is 23.6. The van der Waals surface area contributed by atoms with Crippen LogP contribution < -0.4 is 57.3 Å². The second kappa shape index (κ2) is 34.6. The number of nitrogens with zero attached hydrogens (tertiary/aromatic N) is 6. The maximum atomic E-state index is 13.5. The number of carboxylic acids is 1. The van der Waals surface area contributed by atoms with Crippen molar-refractivity contribution in [3.05, 3.63) is 247 Å². The predicted octanol–water partition coefficient (Wildman–Crippen LogP) is 17.3. The number of ketones is 3. The highest BCUT2D eigenvalue weighted by Gasteiger charge is 2.51. The first-order chi connectivity index (χ1) is 57.1. The number of aliphatic hydroxyl groups excluding tert-OH is 3. The molecule has 3 atom stereocenters. The van der Waals surface area contributed by atoms with Crippen molar-refractivity contribution in [2.45, 2.75) is 45.8 Å². The van der Waals surface area contributed by atoms with E-state index in [0.717, 1.165) is 21.0 Å². The van der Waals surface area contributed by atoms with Crippen LogP contribution in [0.1, 0.15) is 79.2 Å². The summed E-state index contributed by atoms with van der Waals surface area (Å²) in [6.07, 6.45) is 0. The first kappa shape index (κ1) is 80.4. The summed E-state index contributed by atoms with van der Waals surface area (Å²) in [7, 11) is 0. The van der Waals surface area contributed by atoms with E-state index in [1.165, 1.54) is 48.7 Å². The number of hydrogen-bond acceptors (Lipinski definition) is 25. The smallest absolute Gasteiger partial charge is 0.301 e. The van der Waals surface area contributed by atoms with E-state index >= 15 is 0 Å². The van der Waals surface area contributed by atoms with Crippen molar-refractivity contribution < 1.29 is 96.6 Å². The lowest BCUT2D eigenvalue weighted by Crippen LogP contribution is -2.29. The highest BCUT2D eigenvalue weighted by Crippen LogP contribution is 2.51. The number of amides is 3. The average Bonchev–Trinajstić information content (AvgIpc) is 1.60. The topological polar surface area (TPSA) is 332 Å². The van der Waals surface area contributed by atoms with Gasteiger partial charge in [0, 0.05) is 38.7 Å². The van der Waals surface area contributed by atoms with Crippen LogP contribution >= 0.6 is 68.8 Å². The molecule has 6 aliphatic heterocycles. The van der Waals surface area contributed by atoms with E-state index in [2.05, 4.69) is 15.0 Å². The molecule has 0 bridgehead atoms. The molecule has 600 valence electrons. The van der Waals surface area contributed by atoms with Crippen LogP contribution in [-0.2, 0) is 33.6 Å². The minimum Gasteiger partial charge on any atom is -0.507 e. The molecule has 3 aromatic heterocycles. The molecule has 6 aliphatic rings. The number of carboxylic acid groups (broad SMARTS) is 1. The molecule has 3 unspecified atom stereocenters. The number of hydrogen-bond donors (Lipinski definition) is 4. The third kappa shape index (κ3) is 16.3. The predicted molar refractivity (Wildman–Crippen MR) is 447 cm³/mol. The Labute approximate surface area is 699 Å². The number of benzene rings is 9. The van der Waals surface area contributed by atoms with Gasteiger partial charge >= 0.3 is 17.7 Å². The van der Waals surface area contributed by atoms with Crippen LogP contribution in [0.15, 0.2) is 199 Å². The van der Waals surface area contributed by atoms with E-state index in [-0.39, 0.29) is 34.0 Å². The average molecular weight is 1710 g/mol. The summed E-state index contributed by atoms with van der Waals surface area (Å²) in [5, 5.41) is 44.0. The minimum absolute atomic E-state index is 0.0665. The molecule has 3 amide bonds. The molecule has 3 fully saturated rings. The van der Waals surface area contributed by atoms with Crippen molar-refractivity contribution in [3.8, 4) is 51.7 Å². The second-order valence-electron chi connectivity index (χ2n) is 26.4. The number of fused-ring (bicyclic) bond motifs is 6. The largest absolute Gasteiger partial charge is 0.507 e. The van der Waals surface area contributed by atoms with Crippen LogP contribution in [0.5, 0.6) is 51.7 Å². The lowest BCUT2D eigenvalue weighted by Gasteiger charge is -2.23. The fourth-order valence-electron chi connectivity index (χ4n) is 13.9. The number of thiazole rings is 3. The van der Waals surface area contributed by atoms with Crippen LogP contribution in [0.25, 0.3) is 47.9 Å². The van der Waals surface area contributed by atoms with Gasteiger partial charge in [0.05, 0.1) is 85.3 Å². The molecule has 4 N–H and O–H groups in total. The van der Waals surface area contributed by atoms with Gasteiger partial charge in [0.15, 0.2) is 49.9 Å². The Bertz CT molecular complexity index is 5580. The molecule has 0 radical (unpaired) electrons. The molecule has 12 aromatic rings. The van der Waals surface area contributed by atoms with E-state index < -0.39 is 59.2 Å². The van der Waals surface area contributed by atoms with Crippen LogP contribution in [0.3, 0.4) is 0 Å². The van der Waals surface area contributed by atoms with E-state index in [9.17, 15) is 44.1 Å². The lowest BCUT2D eigenvalue weighted by atomic mass is 9.95. The first-order valence-corrected chi connectivity index (χ1v) is 40.3. The summed E-state index contributed by atoms with van der Waals surface area (Å²) in [5.41, 5.74) is 4.43. The fourth-order valence-corrected chi connectivity index (χ4v) is 17.5. The highest BCUT2D eigenvalue weighted by atomic mass is 35.5. The second-order valence-corrected chi connectivity index (χ2v) is 30.8. The number of anilines is 3. The number of Topliss-reactive ketones (excluding diaryl/α,β-unsaturated/α-hetero) is 3. The molecule has 26 nitrogen and oxygen atoms in total. The van der Waals surface area contributed by atoms with Crippen LogP contribution in [0.4, 0.5) is 15.4 Å². The van der Waals surface area contributed by atoms with E-state index in [1.807, 2.05) is 39.0 Å². The summed E-state index contributed by atoms with van der Waals surface area (Å²) < 4.78 is 52.8. The zero-order chi connectivity index (χ0) is 82.7. The van der Waals surface area contributed by atoms with E-state index in [0.29, 0.717) is 192 Å². The summed E-state index contributed by atoms with van der Waals surface area (Å²) in [4.78, 5) is 108. The quantitative estimate of drug-likeness (QED) is 0.0421. The molecule has 32 heteroatoms. The van der Waals surface area contributed by atoms with Crippen molar-refractivity contribution in [2.24, 2.45) is 0 Å². The van der Waals surface area contributed by atoms with Gasteiger partial charge in [-0.3, -0.25) is 48.3 Å². The number of aliphatic hydroxyl groups is 3. The summed E-state index contributed by atoms with van der Waals surface area (Å²) in [5.74, 6) is -1.64. The zero-order valence-corrected chi connectivity index (χ0v) is 67.5. The molecule has 118 heavy (non-hydrogen) atoms. The van der Waals surface area contributed by atoms with Crippen molar-refractivity contribution >= 4 is 173 Å². The van der Waals surface area contributed by atoms with Crippen LogP contribution in [0.2, 0.25) is 15.1 Å². The fraction of sp³-hybridized carbons (Fsp3) is 0.186. The Morgan fingerprint density at radius 2 is 0.644 bits per heavy atom. The van der Waals surface area contributed by atoms with Crippen LogP contribution in [-0.4, -0.2) is 136 Å². The highest BCUT2D eigenvalue weighted by molar-refractivity contribution is 7.23. The van der Waals surface area contributed by atoms with Gasteiger partial charge in [0.2, 0.25) is 0 Å². The number of rotatable bonds is 15. The minimum atomic E-state index is -0.950. The van der Waals surface area contributed by atoms with Gasteiger partial charge < -0.3 is 63.1 Å². The van der Waals surface area contributed by atoms with Crippen molar-refractivity contribution in [2.75, 3.05) is 74.2 Å². The third-order valence-corrected chi connectivity index (χ3v) is 22.6. The number of carbonyl (C=O) groups excluding carboxylic acids is 6. The maximum absolute atomic E-state index is 13.5. The zero-order valence-electron chi connectivity index (χ0n) is 62.8. The molecule has 3 saturated heterocycles. The van der Waals surface area contributed by atoms with Gasteiger partial charge in [0.25, 0.3) is 23.3 Å². The first-order valence-electron chi connectivity index (χ1n) is 36.8. The molecule has 18 rings (SSSR count). The Morgan fingerprint density at radius 1 is 0.381 bits per heavy atom. The Hall–Kier alpha value is -12.8.